The highest BCUT2D eigenvalue weighted by Gasteiger charge is 1.99. The van der Waals surface area contributed by atoms with Crippen molar-refractivity contribution in [2.24, 2.45) is 0 Å². The van der Waals surface area contributed by atoms with Crippen LogP contribution in [0.5, 0.6) is 0 Å². The van der Waals surface area contributed by atoms with Gasteiger partial charge in [0.05, 0.1) is 5.52 Å². The summed E-state index contributed by atoms with van der Waals surface area (Å²) in [6, 6.07) is 18.3. The van der Waals surface area contributed by atoms with Crippen molar-refractivity contribution in [1.29, 1.82) is 0 Å². The van der Waals surface area contributed by atoms with Crippen LogP contribution >= 0.6 is 11.6 Å². The van der Waals surface area contributed by atoms with Crippen LogP contribution in [0.25, 0.3) is 10.9 Å². The summed E-state index contributed by atoms with van der Waals surface area (Å²) in [5, 5.41) is 1.96. The molecule has 0 radical (unpaired) electrons. The molecule has 0 saturated carbocycles. The molecule has 0 amide bonds. The summed E-state index contributed by atoms with van der Waals surface area (Å²) in [6.07, 6.45) is 2.83. The van der Waals surface area contributed by atoms with Crippen LogP contribution in [0.2, 0.25) is 5.02 Å². The number of nitrogens with zero attached hydrogens (tertiary/aromatic N) is 1. The van der Waals surface area contributed by atoms with Gasteiger partial charge in [-0.05, 0) is 41.8 Å². The minimum Gasteiger partial charge on any atom is -0.256 e. The molecule has 0 aliphatic rings. The lowest BCUT2D eigenvalue weighted by atomic mass is 10.1. The Morgan fingerprint density at radius 1 is 0.889 bits per heavy atom. The third kappa shape index (κ3) is 2.36. The first-order valence-electron chi connectivity index (χ1n) is 5.89. The van der Waals surface area contributed by atoms with E-state index in [1.807, 2.05) is 36.5 Å². The van der Waals surface area contributed by atoms with Crippen LogP contribution in [0.3, 0.4) is 0 Å². The number of fused-ring (bicyclic) bond motifs is 1. The SMILES string of the molecule is Clc1ccc(Cc2cnc3ccccc3c2)cc1. The number of rotatable bonds is 2. The molecule has 2 heteroatoms. The van der Waals surface area contributed by atoms with Crippen LogP contribution in [0.15, 0.2) is 60.8 Å². The molecule has 1 heterocycles. The Hall–Kier alpha value is -1.86. The first-order valence-corrected chi connectivity index (χ1v) is 6.27. The molecule has 3 aromatic rings. The molecule has 0 unspecified atom stereocenters. The zero-order valence-corrected chi connectivity index (χ0v) is 10.6. The molecule has 0 atom stereocenters. The normalized spacial score (nSPS) is 10.7. The van der Waals surface area contributed by atoms with E-state index in [1.54, 1.807) is 0 Å². The van der Waals surface area contributed by atoms with E-state index in [9.17, 15) is 0 Å². The van der Waals surface area contributed by atoms with Gasteiger partial charge in [0.2, 0.25) is 0 Å². The highest BCUT2D eigenvalue weighted by molar-refractivity contribution is 6.30. The van der Waals surface area contributed by atoms with Crippen LogP contribution < -0.4 is 0 Å². The van der Waals surface area contributed by atoms with E-state index in [0.717, 1.165) is 17.0 Å². The van der Waals surface area contributed by atoms with E-state index in [4.69, 9.17) is 11.6 Å². The molecule has 1 nitrogen and oxygen atoms in total. The van der Waals surface area contributed by atoms with Crippen LogP contribution in [0.4, 0.5) is 0 Å². The van der Waals surface area contributed by atoms with Gasteiger partial charge in [-0.3, -0.25) is 4.98 Å². The highest BCUT2D eigenvalue weighted by Crippen LogP contribution is 2.17. The Morgan fingerprint density at radius 2 is 1.67 bits per heavy atom. The maximum atomic E-state index is 5.88. The number of aromatic nitrogens is 1. The predicted octanol–water partition coefficient (Wildman–Crippen LogP) is 4.48. The van der Waals surface area contributed by atoms with E-state index in [-0.39, 0.29) is 0 Å². The lowest BCUT2D eigenvalue weighted by Crippen LogP contribution is -1.89. The van der Waals surface area contributed by atoms with Crippen molar-refractivity contribution >= 4 is 22.5 Å². The Morgan fingerprint density at radius 3 is 2.50 bits per heavy atom. The second-order valence-electron chi connectivity index (χ2n) is 4.34. The van der Waals surface area contributed by atoms with E-state index in [1.165, 1.54) is 16.5 Å². The second-order valence-corrected chi connectivity index (χ2v) is 4.78. The summed E-state index contributed by atoms with van der Waals surface area (Å²) in [7, 11) is 0. The number of para-hydroxylation sites is 1. The molecule has 0 N–H and O–H groups in total. The van der Waals surface area contributed by atoms with E-state index in [2.05, 4.69) is 29.2 Å². The van der Waals surface area contributed by atoms with Gasteiger partial charge in [-0.25, -0.2) is 0 Å². The first-order chi connectivity index (χ1) is 8.81. The van der Waals surface area contributed by atoms with Crippen molar-refractivity contribution in [2.45, 2.75) is 6.42 Å². The van der Waals surface area contributed by atoms with Crippen LogP contribution in [-0.4, -0.2) is 4.98 Å². The summed E-state index contributed by atoms with van der Waals surface area (Å²) in [5.74, 6) is 0. The van der Waals surface area contributed by atoms with Gasteiger partial charge in [-0.15, -0.1) is 0 Å². The number of benzene rings is 2. The average molecular weight is 254 g/mol. The molecule has 0 spiro atoms. The maximum Gasteiger partial charge on any atom is 0.0702 e. The van der Waals surface area contributed by atoms with E-state index >= 15 is 0 Å². The van der Waals surface area contributed by atoms with Gasteiger partial charge in [0.15, 0.2) is 0 Å². The van der Waals surface area contributed by atoms with Crippen molar-refractivity contribution < 1.29 is 0 Å². The number of hydrogen-bond acceptors (Lipinski definition) is 1. The lowest BCUT2D eigenvalue weighted by Gasteiger charge is -2.03. The van der Waals surface area contributed by atoms with Gasteiger partial charge in [0.1, 0.15) is 0 Å². The van der Waals surface area contributed by atoms with Gasteiger partial charge in [0.25, 0.3) is 0 Å². The monoisotopic (exact) mass is 253 g/mol. The quantitative estimate of drug-likeness (QED) is 0.656. The molecule has 0 fully saturated rings. The summed E-state index contributed by atoms with van der Waals surface area (Å²) in [4.78, 5) is 4.47. The fraction of sp³-hybridized carbons (Fsp3) is 0.0625. The number of halogens is 1. The van der Waals surface area contributed by atoms with E-state index < -0.39 is 0 Å². The predicted molar refractivity (Wildman–Crippen MR) is 76.0 cm³/mol. The van der Waals surface area contributed by atoms with E-state index in [0.29, 0.717) is 0 Å². The maximum absolute atomic E-state index is 5.88. The zero-order chi connectivity index (χ0) is 12.4. The van der Waals surface area contributed by atoms with Crippen LogP contribution in [-0.2, 0) is 6.42 Å². The molecule has 2 aromatic carbocycles. The fourth-order valence-electron chi connectivity index (χ4n) is 2.05. The van der Waals surface area contributed by atoms with Gasteiger partial charge in [-0.1, -0.05) is 41.9 Å². The molecule has 18 heavy (non-hydrogen) atoms. The smallest absolute Gasteiger partial charge is 0.0702 e. The zero-order valence-electron chi connectivity index (χ0n) is 9.81. The van der Waals surface area contributed by atoms with Gasteiger partial charge in [-0.2, -0.15) is 0 Å². The van der Waals surface area contributed by atoms with Crippen molar-refractivity contribution in [3.63, 3.8) is 0 Å². The summed E-state index contributed by atoms with van der Waals surface area (Å²) in [5.41, 5.74) is 3.50. The minimum absolute atomic E-state index is 0.774. The third-order valence-electron chi connectivity index (χ3n) is 2.97. The van der Waals surface area contributed by atoms with Crippen molar-refractivity contribution in [1.82, 2.24) is 4.98 Å². The summed E-state index contributed by atoms with van der Waals surface area (Å²) in [6.45, 7) is 0. The molecule has 88 valence electrons. The van der Waals surface area contributed by atoms with Crippen LogP contribution in [0, 0.1) is 0 Å². The molecule has 3 rings (SSSR count). The number of hydrogen-bond donors (Lipinski definition) is 0. The van der Waals surface area contributed by atoms with Gasteiger partial charge >= 0.3 is 0 Å². The van der Waals surface area contributed by atoms with Crippen molar-refractivity contribution in [2.75, 3.05) is 0 Å². The molecule has 0 aliphatic carbocycles. The molecular weight excluding hydrogens is 242 g/mol. The molecule has 0 aliphatic heterocycles. The van der Waals surface area contributed by atoms with Crippen LogP contribution in [0.1, 0.15) is 11.1 Å². The molecule has 0 bridgehead atoms. The Labute approximate surface area is 111 Å². The van der Waals surface area contributed by atoms with Crippen molar-refractivity contribution in [3.8, 4) is 0 Å². The average Bonchev–Trinajstić information content (AvgIpc) is 2.41. The molecular formula is C16H12ClN. The summed E-state index contributed by atoms with van der Waals surface area (Å²) < 4.78 is 0. The third-order valence-corrected chi connectivity index (χ3v) is 3.22. The molecule has 0 saturated heterocycles. The summed E-state index contributed by atoms with van der Waals surface area (Å²) >= 11 is 5.88. The standard InChI is InChI=1S/C16H12ClN/c17-15-7-5-12(6-8-15)9-13-10-14-3-1-2-4-16(14)18-11-13/h1-8,10-11H,9H2. The number of pyridine rings is 1. The Kier molecular flexibility index (Phi) is 2.99. The Balaban J connectivity index is 1.92. The Bertz CT molecular complexity index is 674. The second kappa shape index (κ2) is 4.79. The first kappa shape index (κ1) is 11.2. The highest BCUT2D eigenvalue weighted by atomic mass is 35.5. The largest absolute Gasteiger partial charge is 0.256 e. The lowest BCUT2D eigenvalue weighted by molar-refractivity contribution is 1.17. The molecule has 1 aromatic heterocycles. The van der Waals surface area contributed by atoms with Gasteiger partial charge < -0.3 is 0 Å². The van der Waals surface area contributed by atoms with Gasteiger partial charge in [0, 0.05) is 16.6 Å². The minimum atomic E-state index is 0.774. The van der Waals surface area contributed by atoms with Crippen molar-refractivity contribution in [3.05, 3.63) is 76.9 Å². The fourth-order valence-corrected chi connectivity index (χ4v) is 2.18. The topological polar surface area (TPSA) is 12.9 Å².